The van der Waals surface area contributed by atoms with Crippen LogP contribution in [-0.2, 0) is 20.5 Å². The van der Waals surface area contributed by atoms with Gasteiger partial charge in [0.25, 0.3) is 0 Å². The fourth-order valence-corrected chi connectivity index (χ4v) is 3.53. The number of benzene rings is 2. The van der Waals surface area contributed by atoms with Gasteiger partial charge >= 0.3 is 0 Å². The predicted octanol–water partition coefficient (Wildman–Crippen LogP) is 2.78. The quantitative estimate of drug-likeness (QED) is 0.775. The number of rotatable bonds is 8. The first-order valence-corrected chi connectivity index (χ1v) is 9.08. The van der Waals surface area contributed by atoms with Crippen molar-refractivity contribution in [2.24, 2.45) is 0 Å². The number of nitrogens with one attached hydrogen (secondary N) is 1. The molecule has 5 nitrogen and oxygen atoms in total. The number of hydrogen-bond donors (Lipinski definition) is 1. The highest BCUT2D eigenvalue weighted by Gasteiger charge is 2.19. The molecule has 0 saturated heterocycles. The second kappa shape index (κ2) is 8.37. The molecule has 0 spiro atoms. The lowest BCUT2D eigenvalue weighted by atomic mass is 10.1. The summed E-state index contributed by atoms with van der Waals surface area (Å²) < 4.78 is 63.7. The number of halogens is 2. The molecule has 0 bridgehead atoms. The number of methoxy groups -OCH3 is 2. The molecule has 2 rings (SSSR count). The average molecular weight is 371 g/mol. The van der Waals surface area contributed by atoms with Gasteiger partial charge in [-0.3, -0.25) is 0 Å². The first-order valence-electron chi connectivity index (χ1n) is 7.42. The Kier molecular flexibility index (Phi) is 6.46. The van der Waals surface area contributed by atoms with Crippen LogP contribution < -0.4 is 9.46 Å². The van der Waals surface area contributed by atoms with Crippen LogP contribution in [0, 0.1) is 11.6 Å². The molecule has 2 aromatic carbocycles. The summed E-state index contributed by atoms with van der Waals surface area (Å²) in [5, 5.41) is 0. The Bertz CT molecular complexity index is 807. The summed E-state index contributed by atoms with van der Waals surface area (Å²) in [6, 6.07) is 9.74. The molecule has 0 radical (unpaired) electrons. The lowest BCUT2D eigenvalue weighted by molar-refractivity contribution is 0.105. The van der Waals surface area contributed by atoms with Gasteiger partial charge in [-0.2, -0.15) is 0 Å². The third-order valence-electron chi connectivity index (χ3n) is 3.54. The largest absolute Gasteiger partial charge is 0.496 e. The summed E-state index contributed by atoms with van der Waals surface area (Å²) in [6.07, 6.45) is -0.574. The number of ether oxygens (including phenoxy) is 2. The predicted molar refractivity (Wildman–Crippen MR) is 89.7 cm³/mol. The normalized spacial score (nSPS) is 12.8. The maximum atomic E-state index is 13.2. The molecule has 25 heavy (non-hydrogen) atoms. The molecule has 0 aromatic heterocycles. The molecule has 136 valence electrons. The Hall–Kier alpha value is -2.03. The van der Waals surface area contributed by atoms with E-state index in [1.165, 1.54) is 14.2 Å². The smallest absolute Gasteiger partial charge is 0.215 e. The van der Waals surface area contributed by atoms with Crippen LogP contribution in [0.4, 0.5) is 8.78 Å². The summed E-state index contributed by atoms with van der Waals surface area (Å²) in [7, 11) is -0.845. The zero-order chi connectivity index (χ0) is 18.4. The molecule has 2 aromatic rings. The molecule has 8 heteroatoms. The molecule has 1 atom stereocenters. The molecule has 0 heterocycles. The number of para-hydroxylation sites is 1. The van der Waals surface area contributed by atoms with Gasteiger partial charge in [-0.05, 0) is 23.8 Å². The molecule has 0 amide bonds. The van der Waals surface area contributed by atoms with Crippen molar-refractivity contribution in [1.82, 2.24) is 4.72 Å². The Labute approximate surface area is 145 Å². The highest BCUT2D eigenvalue weighted by atomic mass is 32.2. The van der Waals surface area contributed by atoms with E-state index in [-0.39, 0.29) is 12.1 Å². The maximum absolute atomic E-state index is 13.2. The summed E-state index contributed by atoms with van der Waals surface area (Å²) in [6.45, 7) is -0.0446. The molecule has 0 aliphatic heterocycles. The topological polar surface area (TPSA) is 64.6 Å². The number of hydrogen-bond acceptors (Lipinski definition) is 4. The van der Waals surface area contributed by atoms with Gasteiger partial charge < -0.3 is 9.47 Å². The lowest BCUT2D eigenvalue weighted by Crippen LogP contribution is -2.30. The molecule has 0 saturated carbocycles. The van der Waals surface area contributed by atoms with Crippen LogP contribution in [0.15, 0.2) is 42.5 Å². The van der Waals surface area contributed by atoms with E-state index in [1.54, 1.807) is 24.3 Å². The van der Waals surface area contributed by atoms with Crippen LogP contribution in [0.5, 0.6) is 5.75 Å². The van der Waals surface area contributed by atoms with Crippen molar-refractivity contribution in [2.45, 2.75) is 11.9 Å². The van der Waals surface area contributed by atoms with Crippen molar-refractivity contribution in [1.29, 1.82) is 0 Å². The Morgan fingerprint density at radius 3 is 2.32 bits per heavy atom. The van der Waals surface area contributed by atoms with Gasteiger partial charge in [-0.15, -0.1) is 0 Å². The molecule has 0 fully saturated rings. The molecular weight excluding hydrogens is 352 g/mol. The minimum absolute atomic E-state index is 0.0243. The van der Waals surface area contributed by atoms with Gasteiger partial charge in [0.15, 0.2) is 0 Å². The fraction of sp³-hybridized carbons (Fsp3) is 0.294. The van der Waals surface area contributed by atoms with Crippen LogP contribution in [0.2, 0.25) is 0 Å². The third kappa shape index (κ3) is 5.48. The van der Waals surface area contributed by atoms with E-state index < -0.39 is 33.5 Å². The van der Waals surface area contributed by atoms with E-state index in [1.807, 2.05) is 0 Å². The highest BCUT2D eigenvalue weighted by molar-refractivity contribution is 7.88. The second-order valence-corrected chi connectivity index (χ2v) is 7.16. The Morgan fingerprint density at radius 1 is 1.08 bits per heavy atom. The third-order valence-corrected chi connectivity index (χ3v) is 4.86. The minimum Gasteiger partial charge on any atom is -0.496 e. The zero-order valence-electron chi connectivity index (χ0n) is 13.8. The standard InChI is InChI=1S/C17H19F2NO4S/c1-23-16-6-4-3-5-15(16)17(24-2)10-20-25(21,22)11-12-7-13(18)9-14(19)8-12/h3-9,17,20H,10-11H2,1-2H3. The molecular formula is C17H19F2NO4S. The van der Waals surface area contributed by atoms with Crippen LogP contribution in [0.1, 0.15) is 17.2 Å². The van der Waals surface area contributed by atoms with Crippen molar-refractivity contribution in [3.05, 3.63) is 65.2 Å². The lowest BCUT2D eigenvalue weighted by Gasteiger charge is -2.19. The van der Waals surface area contributed by atoms with Crippen LogP contribution in [0.25, 0.3) is 0 Å². The van der Waals surface area contributed by atoms with Crippen LogP contribution in [-0.4, -0.2) is 29.2 Å². The molecule has 0 aliphatic rings. The highest BCUT2D eigenvalue weighted by Crippen LogP contribution is 2.26. The minimum atomic E-state index is -3.81. The first-order chi connectivity index (χ1) is 11.8. The van der Waals surface area contributed by atoms with Crippen LogP contribution >= 0.6 is 0 Å². The Balaban J connectivity index is 2.09. The van der Waals surface area contributed by atoms with Gasteiger partial charge in [0.1, 0.15) is 17.4 Å². The van der Waals surface area contributed by atoms with E-state index in [2.05, 4.69) is 4.72 Å². The van der Waals surface area contributed by atoms with Crippen LogP contribution in [0.3, 0.4) is 0 Å². The maximum Gasteiger partial charge on any atom is 0.215 e. The van der Waals surface area contributed by atoms with Crippen molar-refractivity contribution in [3.8, 4) is 5.75 Å². The monoisotopic (exact) mass is 371 g/mol. The van der Waals surface area contributed by atoms with Crippen molar-refractivity contribution < 1.29 is 26.7 Å². The second-order valence-electron chi connectivity index (χ2n) is 5.35. The van der Waals surface area contributed by atoms with Gasteiger partial charge in [0, 0.05) is 25.3 Å². The summed E-state index contributed by atoms with van der Waals surface area (Å²) >= 11 is 0. The average Bonchev–Trinajstić information content (AvgIpc) is 2.54. The van der Waals surface area contributed by atoms with Gasteiger partial charge in [0.2, 0.25) is 10.0 Å². The number of sulfonamides is 1. The van der Waals surface area contributed by atoms with Crippen molar-refractivity contribution >= 4 is 10.0 Å². The first kappa shape index (κ1) is 19.3. The van der Waals surface area contributed by atoms with Gasteiger partial charge in [-0.1, -0.05) is 18.2 Å². The summed E-state index contributed by atoms with van der Waals surface area (Å²) in [5.41, 5.74) is 0.711. The summed E-state index contributed by atoms with van der Waals surface area (Å²) in [5.74, 6) is -1.62. The van der Waals surface area contributed by atoms with Gasteiger partial charge in [-0.25, -0.2) is 21.9 Å². The summed E-state index contributed by atoms with van der Waals surface area (Å²) in [4.78, 5) is 0. The van der Waals surface area contributed by atoms with E-state index in [4.69, 9.17) is 9.47 Å². The van der Waals surface area contributed by atoms with E-state index in [0.29, 0.717) is 17.4 Å². The van der Waals surface area contributed by atoms with E-state index >= 15 is 0 Å². The molecule has 1 N–H and O–H groups in total. The molecule has 0 aliphatic carbocycles. The zero-order valence-corrected chi connectivity index (χ0v) is 14.6. The van der Waals surface area contributed by atoms with Crippen molar-refractivity contribution in [3.63, 3.8) is 0 Å². The fourth-order valence-electron chi connectivity index (χ4n) is 2.42. The van der Waals surface area contributed by atoms with Gasteiger partial charge in [0.05, 0.1) is 19.0 Å². The molecule has 1 unspecified atom stereocenters. The SMILES string of the molecule is COc1ccccc1C(CNS(=O)(=O)Cc1cc(F)cc(F)c1)OC. The Morgan fingerprint density at radius 2 is 1.72 bits per heavy atom. The van der Waals surface area contributed by atoms with E-state index in [0.717, 1.165) is 12.1 Å². The van der Waals surface area contributed by atoms with Crippen molar-refractivity contribution in [2.75, 3.05) is 20.8 Å². The van der Waals surface area contributed by atoms with E-state index in [9.17, 15) is 17.2 Å².